The molecule has 3 atom stereocenters. The molecule has 0 aromatic carbocycles. The molecule has 1 saturated carbocycles. The number of nitrogens with zero attached hydrogens (tertiary/aromatic N) is 1. The Hall–Kier alpha value is -1.08. The number of nitrogens with one attached hydrogen (secondary N) is 1. The van der Waals surface area contributed by atoms with Gasteiger partial charge in [0.2, 0.25) is 5.91 Å². The van der Waals surface area contributed by atoms with Crippen LogP contribution in [0.4, 0.5) is 0 Å². The van der Waals surface area contributed by atoms with Crippen LogP contribution in [0.3, 0.4) is 0 Å². The van der Waals surface area contributed by atoms with Gasteiger partial charge in [-0.1, -0.05) is 26.2 Å². The highest BCUT2D eigenvalue weighted by Crippen LogP contribution is 2.28. The number of hydrogen-bond donors (Lipinski definition) is 1. The number of amides is 1. The second kappa shape index (κ2) is 6.91. The van der Waals surface area contributed by atoms with E-state index in [0.29, 0.717) is 12.5 Å². The van der Waals surface area contributed by atoms with E-state index in [9.17, 15) is 10.1 Å². The van der Waals surface area contributed by atoms with Crippen LogP contribution in [0, 0.1) is 23.2 Å². The van der Waals surface area contributed by atoms with Crippen molar-refractivity contribution in [3.8, 4) is 6.07 Å². The molecule has 0 radical (unpaired) electrons. The molecule has 0 spiro atoms. The van der Waals surface area contributed by atoms with Crippen LogP contribution >= 0.6 is 0 Å². The van der Waals surface area contributed by atoms with Crippen molar-refractivity contribution in [1.29, 1.82) is 5.26 Å². The van der Waals surface area contributed by atoms with Gasteiger partial charge in [0.1, 0.15) is 6.04 Å². The summed E-state index contributed by atoms with van der Waals surface area (Å²) >= 11 is 0. The Balaban J connectivity index is 1.90. The van der Waals surface area contributed by atoms with E-state index in [4.69, 9.17) is 4.74 Å². The van der Waals surface area contributed by atoms with Crippen molar-refractivity contribution in [2.75, 3.05) is 6.61 Å². The van der Waals surface area contributed by atoms with Crippen LogP contribution in [0.2, 0.25) is 0 Å². The molecule has 1 heterocycles. The van der Waals surface area contributed by atoms with Crippen molar-refractivity contribution in [2.24, 2.45) is 11.8 Å². The predicted octanol–water partition coefficient (Wildman–Crippen LogP) is 2.39. The Morgan fingerprint density at radius 1 is 1.37 bits per heavy atom. The minimum Gasteiger partial charge on any atom is -0.377 e. The fourth-order valence-corrected chi connectivity index (χ4v) is 3.33. The van der Waals surface area contributed by atoms with Gasteiger partial charge in [-0.25, -0.2) is 0 Å². The van der Waals surface area contributed by atoms with Gasteiger partial charge in [0, 0.05) is 6.61 Å². The number of carbonyl (C=O) groups excluding carboxylic acids is 1. The normalized spacial score (nSPS) is 29.7. The molecule has 4 heteroatoms. The van der Waals surface area contributed by atoms with Gasteiger partial charge in [0.05, 0.1) is 18.1 Å². The molecule has 2 rings (SSSR count). The van der Waals surface area contributed by atoms with Gasteiger partial charge >= 0.3 is 0 Å². The first-order valence-corrected chi connectivity index (χ1v) is 7.57. The Kier molecular flexibility index (Phi) is 5.21. The zero-order chi connectivity index (χ0) is 13.7. The molecule has 1 aliphatic carbocycles. The molecule has 2 aliphatic rings. The van der Waals surface area contributed by atoms with Crippen molar-refractivity contribution in [1.82, 2.24) is 5.32 Å². The summed E-state index contributed by atoms with van der Waals surface area (Å²) in [7, 11) is 0. The summed E-state index contributed by atoms with van der Waals surface area (Å²) in [4.78, 5) is 12.3. The summed E-state index contributed by atoms with van der Waals surface area (Å²) in [5.74, 6) is 0.288. The molecule has 1 aliphatic heterocycles. The van der Waals surface area contributed by atoms with E-state index in [2.05, 4.69) is 11.4 Å². The van der Waals surface area contributed by atoms with Crippen LogP contribution in [0.5, 0.6) is 0 Å². The van der Waals surface area contributed by atoms with Crippen LogP contribution in [-0.2, 0) is 9.53 Å². The highest BCUT2D eigenvalue weighted by Gasteiger charge is 2.35. The Bertz CT molecular complexity index is 345. The van der Waals surface area contributed by atoms with Crippen LogP contribution in [0.1, 0.15) is 51.9 Å². The third kappa shape index (κ3) is 3.48. The third-order valence-electron chi connectivity index (χ3n) is 4.51. The maximum absolute atomic E-state index is 12.3. The molecule has 0 aromatic rings. The fraction of sp³-hybridized carbons (Fsp3) is 0.867. The van der Waals surface area contributed by atoms with Crippen molar-refractivity contribution in [3.63, 3.8) is 0 Å². The van der Waals surface area contributed by atoms with Crippen LogP contribution < -0.4 is 5.32 Å². The monoisotopic (exact) mass is 264 g/mol. The molecule has 1 saturated heterocycles. The number of nitriles is 1. The van der Waals surface area contributed by atoms with E-state index >= 15 is 0 Å². The van der Waals surface area contributed by atoms with E-state index in [1.165, 1.54) is 19.3 Å². The van der Waals surface area contributed by atoms with Gasteiger partial charge in [-0.3, -0.25) is 4.79 Å². The SMILES string of the molecule is CCC1OCCC1C(=O)NC(C#N)C1CCCCC1. The minimum absolute atomic E-state index is 0.0153. The van der Waals surface area contributed by atoms with Gasteiger partial charge in [0.25, 0.3) is 0 Å². The topological polar surface area (TPSA) is 62.1 Å². The summed E-state index contributed by atoms with van der Waals surface area (Å²) in [6, 6.07) is 1.97. The van der Waals surface area contributed by atoms with Crippen molar-refractivity contribution < 1.29 is 9.53 Å². The smallest absolute Gasteiger partial charge is 0.226 e. The van der Waals surface area contributed by atoms with E-state index in [-0.39, 0.29) is 24.0 Å². The maximum Gasteiger partial charge on any atom is 0.226 e. The second-order valence-corrected chi connectivity index (χ2v) is 5.73. The lowest BCUT2D eigenvalue weighted by atomic mass is 9.84. The van der Waals surface area contributed by atoms with Crippen LogP contribution in [0.25, 0.3) is 0 Å². The second-order valence-electron chi connectivity index (χ2n) is 5.73. The maximum atomic E-state index is 12.3. The van der Waals surface area contributed by atoms with E-state index in [1.54, 1.807) is 0 Å². The molecular formula is C15H24N2O2. The van der Waals surface area contributed by atoms with Gasteiger partial charge < -0.3 is 10.1 Å². The zero-order valence-corrected chi connectivity index (χ0v) is 11.7. The van der Waals surface area contributed by atoms with Crippen LogP contribution in [0.15, 0.2) is 0 Å². The quantitative estimate of drug-likeness (QED) is 0.848. The zero-order valence-electron chi connectivity index (χ0n) is 11.7. The fourth-order valence-electron chi connectivity index (χ4n) is 3.33. The Labute approximate surface area is 115 Å². The number of ether oxygens (including phenoxy) is 1. The highest BCUT2D eigenvalue weighted by molar-refractivity contribution is 5.80. The van der Waals surface area contributed by atoms with Crippen molar-refractivity contribution in [3.05, 3.63) is 0 Å². The molecule has 1 N–H and O–H groups in total. The van der Waals surface area contributed by atoms with Gasteiger partial charge in [0.15, 0.2) is 0 Å². The van der Waals surface area contributed by atoms with Gasteiger partial charge in [-0.2, -0.15) is 5.26 Å². The lowest BCUT2D eigenvalue weighted by Gasteiger charge is -2.27. The number of rotatable bonds is 4. The third-order valence-corrected chi connectivity index (χ3v) is 4.51. The molecule has 0 bridgehead atoms. The average Bonchev–Trinajstić information content (AvgIpc) is 2.94. The van der Waals surface area contributed by atoms with Gasteiger partial charge in [-0.15, -0.1) is 0 Å². The van der Waals surface area contributed by atoms with E-state index in [1.807, 2.05) is 6.92 Å². The Morgan fingerprint density at radius 2 is 2.11 bits per heavy atom. The molecule has 4 nitrogen and oxygen atoms in total. The van der Waals surface area contributed by atoms with Crippen molar-refractivity contribution in [2.45, 2.75) is 64.0 Å². The average molecular weight is 264 g/mol. The number of hydrogen-bond acceptors (Lipinski definition) is 3. The lowest BCUT2D eigenvalue weighted by Crippen LogP contribution is -2.44. The minimum atomic E-state index is -0.314. The molecule has 106 valence electrons. The summed E-state index contributed by atoms with van der Waals surface area (Å²) in [6.45, 7) is 2.70. The largest absolute Gasteiger partial charge is 0.377 e. The first kappa shape index (κ1) is 14.3. The van der Waals surface area contributed by atoms with E-state index in [0.717, 1.165) is 25.7 Å². The summed E-state index contributed by atoms with van der Waals surface area (Å²) in [5.41, 5.74) is 0. The summed E-state index contributed by atoms with van der Waals surface area (Å²) in [6.07, 6.45) is 7.44. The first-order chi connectivity index (χ1) is 9.26. The van der Waals surface area contributed by atoms with Crippen LogP contribution in [-0.4, -0.2) is 24.7 Å². The predicted molar refractivity (Wildman–Crippen MR) is 72.3 cm³/mol. The molecule has 1 amide bonds. The molecule has 2 fully saturated rings. The highest BCUT2D eigenvalue weighted by atomic mass is 16.5. The lowest BCUT2D eigenvalue weighted by molar-refractivity contribution is -0.127. The summed E-state index contributed by atoms with van der Waals surface area (Å²) in [5, 5.41) is 12.3. The Morgan fingerprint density at radius 3 is 2.74 bits per heavy atom. The summed E-state index contributed by atoms with van der Waals surface area (Å²) < 4.78 is 5.55. The van der Waals surface area contributed by atoms with Crippen molar-refractivity contribution >= 4 is 5.91 Å². The van der Waals surface area contributed by atoms with E-state index < -0.39 is 0 Å². The molecule has 0 aromatic heterocycles. The molecule has 19 heavy (non-hydrogen) atoms. The number of carbonyl (C=O) groups is 1. The first-order valence-electron chi connectivity index (χ1n) is 7.57. The van der Waals surface area contributed by atoms with Gasteiger partial charge in [-0.05, 0) is 31.6 Å². The molecule has 3 unspecified atom stereocenters. The molecular weight excluding hydrogens is 240 g/mol. The standard InChI is InChI=1S/C15H24N2O2/c1-2-14-12(8-9-19-14)15(18)17-13(10-16)11-6-4-3-5-7-11/h11-14H,2-9H2,1H3,(H,17,18).